The Morgan fingerprint density at radius 2 is 1.93 bits per heavy atom. The number of aromatic hydroxyl groups is 1. The number of nitrogens with zero attached hydrogens (tertiary/aromatic N) is 2. The number of benzene rings is 3. The molecule has 0 spiro atoms. The smallest absolute Gasteiger partial charge is 0.338 e. The Morgan fingerprint density at radius 3 is 2.70 bits per heavy atom. The van der Waals surface area contributed by atoms with E-state index in [9.17, 15) is 14.7 Å². The van der Waals surface area contributed by atoms with E-state index in [1.54, 1.807) is 37.3 Å². The van der Waals surface area contributed by atoms with Gasteiger partial charge in [0.25, 0.3) is 5.56 Å². The number of aromatic nitrogens is 1. The lowest BCUT2D eigenvalue weighted by atomic mass is 9.93. The van der Waals surface area contributed by atoms with Crippen LogP contribution in [0.25, 0.3) is 11.8 Å². The van der Waals surface area contributed by atoms with Crippen LogP contribution in [0.2, 0.25) is 0 Å². The van der Waals surface area contributed by atoms with Crippen LogP contribution in [0.5, 0.6) is 23.0 Å². The Labute approximate surface area is 232 Å². The van der Waals surface area contributed by atoms with Gasteiger partial charge in [-0.3, -0.25) is 9.36 Å². The Bertz CT molecular complexity index is 1840. The second-order valence-corrected chi connectivity index (χ2v) is 9.98. The highest BCUT2D eigenvalue weighted by Gasteiger charge is 2.36. The summed E-state index contributed by atoms with van der Waals surface area (Å²) in [6.07, 6.45) is 1.71. The molecule has 2 aliphatic rings. The van der Waals surface area contributed by atoms with E-state index in [-0.39, 0.29) is 36.0 Å². The highest BCUT2D eigenvalue weighted by molar-refractivity contribution is 7.07. The standard InChI is InChI=1S/C30H24N2O7S/c1-3-37-29(35)25-26(18-7-5-4-6-8-18)31-30-32(27(25)19-10-12-21-23(15-19)39-16-38-21)28(34)24(40-30)14-17-9-11-20(33)22(13-17)36-2/h4-15,27,33H,3,16H2,1-2H3/b24-14+/t27-/m1/s1. The maximum absolute atomic E-state index is 14.0. The molecule has 3 aromatic carbocycles. The van der Waals surface area contributed by atoms with E-state index in [0.717, 1.165) is 5.56 Å². The van der Waals surface area contributed by atoms with Gasteiger partial charge in [-0.2, -0.15) is 0 Å². The molecule has 0 bridgehead atoms. The summed E-state index contributed by atoms with van der Waals surface area (Å²) in [5, 5.41) is 9.99. The van der Waals surface area contributed by atoms with Crippen LogP contribution < -0.4 is 29.1 Å². The summed E-state index contributed by atoms with van der Waals surface area (Å²) in [4.78, 5) is 32.8. The maximum Gasteiger partial charge on any atom is 0.338 e. The number of methoxy groups -OCH3 is 1. The molecule has 10 heteroatoms. The van der Waals surface area contributed by atoms with Crippen molar-refractivity contribution in [2.75, 3.05) is 20.5 Å². The van der Waals surface area contributed by atoms with E-state index in [2.05, 4.69) is 0 Å². The second-order valence-electron chi connectivity index (χ2n) is 8.98. The third-order valence-corrected chi connectivity index (χ3v) is 7.57. The van der Waals surface area contributed by atoms with Gasteiger partial charge >= 0.3 is 5.97 Å². The van der Waals surface area contributed by atoms with Crippen LogP contribution >= 0.6 is 11.3 Å². The quantitative estimate of drug-likeness (QED) is 0.363. The second kappa shape index (κ2) is 10.4. The van der Waals surface area contributed by atoms with Crippen molar-refractivity contribution < 1.29 is 28.8 Å². The van der Waals surface area contributed by atoms with Crippen LogP contribution in [-0.2, 0) is 9.53 Å². The topological polar surface area (TPSA) is 109 Å². The van der Waals surface area contributed by atoms with Gasteiger partial charge < -0.3 is 24.1 Å². The first-order valence-corrected chi connectivity index (χ1v) is 13.3. The normalized spacial score (nSPS) is 15.9. The average Bonchev–Trinajstić information content (AvgIpc) is 3.57. The molecule has 0 saturated heterocycles. The lowest BCUT2D eigenvalue weighted by molar-refractivity contribution is -0.138. The molecule has 0 saturated carbocycles. The van der Waals surface area contributed by atoms with Crippen LogP contribution in [0.1, 0.15) is 29.7 Å². The van der Waals surface area contributed by atoms with Crippen molar-refractivity contribution in [3.8, 4) is 23.0 Å². The molecule has 6 rings (SSSR count). The van der Waals surface area contributed by atoms with E-state index >= 15 is 0 Å². The highest BCUT2D eigenvalue weighted by atomic mass is 32.1. The van der Waals surface area contributed by atoms with Gasteiger partial charge in [-0.25, -0.2) is 9.79 Å². The lowest BCUT2D eigenvalue weighted by Gasteiger charge is -2.26. The number of phenolic OH excluding ortho intramolecular Hbond substituents is 1. The molecule has 0 fully saturated rings. The largest absolute Gasteiger partial charge is 0.504 e. The number of rotatable bonds is 6. The first kappa shape index (κ1) is 25.4. The molecule has 4 aromatic rings. The molecular weight excluding hydrogens is 532 g/mol. The molecule has 9 nitrogen and oxygen atoms in total. The zero-order chi connectivity index (χ0) is 27.8. The molecule has 0 radical (unpaired) electrons. The Hall–Kier alpha value is -4.83. The summed E-state index contributed by atoms with van der Waals surface area (Å²) < 4.78 is 23.8. The minimum Gasteiger partial charge on any atom is -0.504 e. The fraction of sp³-hybridized carbons (Fsp3) is 0.167. The van der Waals surface area contributed by atoms with E-state index in [4.69, 9.17) is 23.9 Å². The van der Waals surface area contributed by atoms with Crippen LogP contribution in [0, 0.1) is 0 Å². The van der Waals surface area contributed by atoms with Crippen molar-refractivity contribution in [3.63, 3.8) is 0 Å². The molecule has 3 heterocycles. The van der Waals surface area contributed by atoms with Crippen molar-refractivity contribution >= 4 is 29.1 Å². The number of phenols is 1. The van der Waals surface area contributed by atoms with Crippen molar-refractivity contribution in [1.29, 1.82) is 0 Å². The van der Waals surface area contributed by atoms with Crippen LogP contribution in [-0.4, -0.2) is 36.2 Å². The average molecular weight is 557 g/mol. The van der Waals surface area contributed by atoms with Crippen LogP contribution in [0.4, 0.5) is 0 Å². The van der Waals surface area contributed by atoms with Gasteiger partial charge in [0.15, 0.2) is 27.8 Å². The third kappa shape index (κ3) is 4.42. The number of fused-ring (bicyclic) bond motifs is 2. The molecule has 202 valence electrons. The SMILES string of the molecule is CCOC(=O)C1=C(c2ccccc2)N=c2s/c(=C/c3ccc(O)c(OC)c3)c(=O)n2[C@@H]1c1ccc2c(c1)OCO2. The summed E-state index contributed by atoms with van der Waals surface area (Å²) in [6, 6.07) is 18.7. The van der Waals surface area contributed by atoms with E-state index in [1.807, 2.05) is 36.4 Å². The molecule has 1 N–H and O–H groups in total. The fourth-order valence-corrected chi connectivity index (χ4v) is 5.78. The molecule has 0 aliphatic carbocycles. The van der Waals surface area contributed by atoms with Gasteiger partial charge in [-0.15, -0.1) is 0 Å². The van der Waals surface area contributed by atoms with Gasteiger partial charge in [-0.05, 0) is 48.4 Å². The third-order valence-electron chi connectivity index (χ3n) is 6.59. The number of carbonyl (C=O) groups is 1. The number of esters is 1. The van der Waals surface area contributed by atoms with Gasteiger partial charge in [0.1, 0.15) is 0 Å². The van der Waals surface area contributed by atoms with E-state index in [1.165, 1.54) is 29.1 Å². The van der Waals surface area contributed by atoms with Gasteiger partial charge in [0.2, 0.25) is 6.79 Å². The van der Waals surface area contributed by atoms with Gasteiger partial charge in [0, 0.05) is 5.56 Å². The first-order chi connectivity index (χ1) is 19.5. The predicted octanol–water partition coefficient (Wildman–Crippen LogP) is 3.38. The molecular formula is C30H24N2O7S. The van der Waals surface area contributed by atoms with Crippen LogP contribution in [0.15, 0.2) is 82.1 Å². The van der Waals surface area contributed by atoms with Crippen molar-refractivity contribution in [3.05, 3.63) is 109 Å². The molecule has 40 heavy (non-hydrogen) atoms. The van der Waals surface area contributed by atoms with Gasteiger partial charge in [-0.1, -0.05) is 53.8 Å². The number of carbonyl (C=O) groups excluding carboxylic acids is 1. The van der Waals surface area contributed by atoms with Crippen LogP contribution in [0.3, 0.4) is 0 Å². The summed E-state index contributed by atoms with van der Waals surface area (Å²) in [5.41, 5.74) is 2.38. The first-order valence-electron chi connectivity index (χ1n) is 12.5. The van der Waals surface area contributed by atoms with E-state index < -0.39 is 12.0 Å². The minimum atomic E-state index is -0.837. The maximum atomic E-state index is 14.0. The lowest BCUT2D eigenvalue weighted by Crippen LogP contribution is -2.40. The molecule has 1 atom stereocenters. The zero-order valence-corrected chi connectivity index (χ0v) is 22.4. The van der Waals surface area contributed by atoms with Crippen molar-refractivity contribution in [2.45, 2.75) is 13.0 Å². The molecule has 0 amide bonds. The van der Waals surface area contributed by atoms with Crippen molar-refractivity contribution in [1.82, 2.24) is 4.57 Å². The Morgan fingerprint density at radius 1 is 1.12 bits per heavy atom. The minimum absolute atomic E-state index is 0.00417. The molecule has 0 unspecified atom stereocenters. The highest BCUT2D eigenvalue weighted by Crippen LogP contribution is 2.40. The number of thiazole rings is 1. The Kier molecular flexibility index (Phi) is 6.61. The fourth-order valence-electron chi connectivity index (χ4n) is 4.77. The number of ether oxygens (including phenoxy) is 4. The monoisotopic (exact) mass is 556 g/mol. The van der Waals surface area contributed by atoms with Gasteiger partial charge in [0.05, 0.1) is 35.6 Å². The summed E-state index contributed by atoms with van der Waals surface area (Å²) in [7, 11) is 1.46. The summed E-state index contributed by atoms with van der Waals surface area (Å²) in [6.45, 7) is 1.98. The zero-order valence-electron chi connectivity index (χ0n) is 21.6. The molecule has 1 aromatic heterocycles. The molecule has 2 aliphatic heterocycles. The number of hydrogen-bond acceptors (Lipinski definition) is 9. The van der Waals surface area contributed by atoms with Crippen molar-refractivity contribution in [2.24, 2.45) is 4.99 Å². The number of hydrogen-bond donors (Lipinski definition) is 1. The summed E-state index contributed by atoms with van der Waals surface area (Å²) >= 11 is 1.21. The Balaban J connectivity index is 1.63. The van der Waals surface area contributed by atoms with E-state index in [0.29, 0.717) is 37.7 Å². The summed E-state index contributed by atoms with van der Waals surface area (Å²) in [5.74, 6) is 0.830. The predicted molar refractivity (Wildman–Crippen MR) is 148 cm³/mol.